The lowest BCUT2D eigenvalue weighted by atomic mass is 10.00. The molecule has 1 aliphatic rings. The number of carbonyl (C=O) groups excluding carboxylic acids is 2. The summed E-state index contributed by atoms with van der Waals surface area (Å²) >= 11 is 0. The van der Waals surface area contributed by atoms with Crippen LogP contribution < -0.4 is 0 Å². The first-order chi connectivity index (χ1) is 29.0. The van der Waals surface area contributed by atoms with Crippen LogP contribution in [0, 0.1) is 0 Å². The lowest BCUT2D eigenvalue weighted by molar-refractivity contribution is -0.297. The first kappa shape index (κ1) is 56.1. The van der Waals surface area contributed by atoms with Gasteiger partial charge in [0, 0.05) is 12.8 Å². The fraction of sp³-hybridized carbons (Fsp3) is 0.872. The monoisotopic (exact) mass is 875 g/mol. The predicted molar refractivity (Wildman–Crippen MR) is 238 cm³/mol. The van der Waals surface area contributed by atoms with Gasteiger partial charge in [0.05, 0.1) is 6.61 Å². The molecule has 0 aromatic heterocycles. The van der Waals surface area contributed by atoms with E-state index in [1.807, 2.05) is 6.08 Å². The second-order valence-corrected chi connectivity index (χ2v) is 18.3. The van der Waals surface area contributed by atoms with E-state index >= 15 is 0 Å². The van der Waals surface area contributed by atoms with E-state index in [-0.39, 0.29) is 19.4 Å². The zero-order valence-electron chi connectivity index (χ0n) is 37.6. The summed E-state index contributed by atoms with van der Waals surface area (Å²) in [6.45, 7) is 3.74. The maximum absolute atomic E-state index is 12.8. The van der Waals surface area contributed by atoms with Crippen LogP contribution in [0.25, 0.3) is 0 Å². The van der Waals surface area contributed by atoms with Gasteiger partial charge in [-0.3, -0.25) is 14.1 Å². The van der Waals surface area contributed by atoms with Gasteiger partial charge in [0.25, 0.3) is 10.1 Å². The Kier molecular flexibility index (Phi) is 35.2. The second-order valence-electron chi connectivity index (χ2n) is 16.8. The molecule has 0 aromatic carbocycles. The van der Waals surface area contributed by atoms with E-state index < -0.39 is 71.2 Å². The van der Waals surface area contributed by atoms with Crippen molar-refractivity contribution < 1.29 is 56.8 Å². The van der Waals surface area contributed by atoms with Crippen LogP contribution in [0.4, 0.5) is 0 Å². The molecule has 0 saturated carbocycles. The fourth-order valence-corrected chi connectivity index (χ4v) is 8.00. The molecule has 0 spiro atoms. The SMILES string of the molecule is CCCCCCCCCCC/C=C/C/C=C/CCCC(=O)O[C@H](COC(=O)CCCCCCCCCCCCCCCCC)CO[C@H]1O[C@H](CS(=O)(=O)O)[C@@H](O)C(O)C1O. The molecule has 4 N–H and O–H groups in total. The van der Waals surface area contributed by atoms with Crippen LogP contribution in [0.3, 0.4) is 0 Å². The molecular weight excluding hydrogens is 789 g/mol. The van der Waals surface area contributed by atoms with Crippen molar-refractivity contribution in [3.8, 4) is 0 Å². The Balaban J connectivity index is 2.45. The maximum atomic E-state index is 12.8. The number of aliphatic hydroxyl groups is 3. The number of esters is 2. The molecular formula is C47H86O12S. The van der Waals surface area contributed by atoms with Crippen molar-refractivity contribution in [2.24, 2.45) is 0 Å². The van der Waals surface area contributed by atoms with Crippen molar-refractivity contribution >= 4 is 22.1 Å². The Morgan fingerprint density at radius 1 is 0.567 bits per heavy atom. The first-order valence-corrected chi connectivity index (χ1v) is 25.5. The molecule has 1 fully saturated rings. The van der Waals surface area contributed by atoms with E-state index in [1.54, 1.807) is 0 Å². The van der Waals surface area contributed by atoms with E-state index in [0.717, 1.165) is 32.1 Å². The molecule has 0 amide bonds. The van der Waals surface area contributed by atoms with Crippen molar-refractivity contribution in [3.63, 3.8) is 0 Å². The fourth-order valence-electron chi connectivity index (χ4n) is 7.31. The van der Waals surface area contributed by atoms with Gasteiger partial charge in [-0.25, -0.2) is 0 Å². The van der Waals surface area contributed by atoms with Crippen molar-refractivity contribution in [2.45, 2.75) is 243 Å². The van der Waals surface area contributed by atoms with Crippen LogP contribution in [-0.4, -0.2) is 96.0 Å². The third-order valence-electron chi connectivity index (χ3n) is 11.0. The number of allylic oxidation sites excluding steroid dienone is 4. The summed E-state index contributed by atoms with van der Waals surface area (Å²) in [5.41, 5.74) is 0. The highest BCUT2D eigenvalue weighted by molar-refractivity contribution is 7.85. The van der Waals surface area contributed by atoms with E-state index in [9.17, 15) is 37.9 Å². The molecule has 13 heteroatoms. The molecule has 0 aliphatic carbocycles. The lowest BCUT2D eigenvalue weighted by Crippen LogP contribution is -2.60. The summed E-state index contributed by atoms with van der Waals surface area (Å²) in [5, 5.41) is 30.9. The molecule has 60 heavy (non-hydrogen) atoms. The quantitative estimate of drug-likeness (QED) is 0.0198. The highest BCUT2D eigenvalue weighted by Gasteiger charge is 2.46. The van der Waals surface area contributed by atoms with Crippen LogP contribution >= 0.6 is 0 Å². The largest absolute Gasteiger partial charge is 0.462 e. The van der Waals surface area contributed by atoms with Crippen LogP contribution in [0.2, 0.25) is 0 Å². The molecule has 0 radical (unpaired) electrons. The minimum atomic E-state index is -4.61. The smallest absolute Gasteiger partial charge is 0.306 e. The van der Waals surface area contributed by atoms with Gasteiger partial charge < -0.3 is 34.3 Å². The number of hydrogen-bond acceptors (Lipinski definition) is 11. The van der Waals surface area contributed by atoms with Gasteiger partial charge in [-0.1, -0.05) is 179 Å². The summed E-state index contributed by atoms with van der Waals surface area (Å²) in [5.74, 6) is -2.03. The summed E-state index contributed by atoms with van der Waals surface area (Å²) in [6, 6.07) is 0. The van der Waals surface area contributed by atoms with E-state index in [0.29, 0.717) is 19.3 Å². The van der Waals surface area contributed by atoms with Crippen molar-refractivity contribution in [3.05, 3.63) is 24.3 Å². The van der Waals surface area contributed by atoms with Crippen molar-refractivity contribution in [1.82, 2.24) is 0 Å². The Bertz CT molecular complexity index is 1210. The molecule has 1 heterocycles. The van der Waals surface area contributed by atoms with Gasteiger partial charge in [-0.15, -0.1) is 0 Å². The highest BCUT2D eigenvalue weighted by atomic mass is 32.2. The second kappa shape index (κ2) is 37.7. The van der Waals surface area contributed by atoms with Crippen molar-refractivity contribution in [2.75, 3.05) is 19.0 Å². The first-order valence-electron chi connectivity index (χ1n) is 23.9. The Morgan fingerprint density at radius 2 is 1.02 bits per heavy atom. The van der Waals surface area contributed by atoms with Gasteiger partial charge in [-0.2, -0.15) is 8.42 Å². The summed E-state index contributed by atoms with van der Waals surface area (Å²) in [7, 11) is -4.61. The Hall–Kier alpha value is -1.87. The topological polar surface area (TPSA) is 186 Å². The van der Waals surface area contributed by atoms with Crippen molar-refractivity contribution in [1.29, 1.82) is 0 Å². The predicted octanol–water partition coefficient (Wildman–Crippen LogP) is 10.0. The highest BCUT2D eigenvalue weighted by Crippen LogP contribution is 2.24. The number of ether oxygens (including phenoxy) is 4. The van der Waals surface area contributed by atoms with E-state index in [2.05, 4.69) is 32.1 Å². The minimum Gasteiger partial charge on any atom is -0.462 e. The van der Waals surface area contributed by atoms with Gasteiger partial charge in [0.15, 0.2) is 12.4 Å². The molecule has 352 valence electrons. The van der Waals surface area contributed by atoms with E-state index in [4.69, 9.17) is 18.9 Å². The number of aliphatic hydroxyl groups excluding tert-OH is 3. The molecule has 1 saturated heterocycles. The number of unbranched alkanes of at least 4 members (excludes halogenated alkanes) is 24. The van der Waals surface area contributed by atoms with Gasteiger partial charge >= 0.3 is 11.9 Å². The van der Waals surface area contributed by atoms with Gasteiger partial charge in [0.2, 0.25) is 0 Å². The molecule has 1 rings (SSSR count). The van der Waals surface area contributed by atoms with Crippen LogP contribution in [0.1, 0.15) is 206 Å². The number of carbonyl (C=O) groups is 2. The normalized spacial score (nSPS) is 20.3. The Morgan fingerprint density at radius 3 is 1.52 bits per heavy atom. The standard InChI is InChI=1S/C47H86O12S/c1-3-5-7-9-11-13-15-17-19-20-22-24-26-28-30-32-34-36-43(49)58-40(38-57-47-46(52)45(51)44(50)41(59-47)39-60(53,54)55)37-56-42(48)35-33-31-29-27-25-23-21-18-16-14-12-10-8-6-4-2/h22,24,28,30,40-41,44-47,50-52H,3-21,23,25-27,29,31-39H2,1-2H3,(H,53,54,55)/b24-22+,30-28+/t40-,41-,44-,45?,46?,47+/m1/s1. The molecule has 2 unspecified atom stereocenters. The summed E-state index contributed by atoms with van der Waals surface area (Å²) in [6.07, 6.45) is 32.3. The van der Waals surface area contributed by atoms with Gasteiger partial charge in [0.1, 0.15) is 36.8 Å². The maximum Gasteiger partial charge on any atom is 0.306 e. The van der Waals surface area contributed by atoms with Crippen LogP contribution in [0.15, 0.2) is 24.3 Å². The lowest BCUT2D eigenvalue weighted by Gasteiger charge is -2.40. The molecule has 6 atom stereocenters. The zero-order valence-corrected chi connectivity index (χ0v) is 38.4. The average Bonchev–Trinajstić information content (AvgIpc) is 3.21. The summed E-state index contributed by atoms with van der Waals surface area (Å²) < 4.78 is 54.1. The molecule has 1 aliphatic heterocycles. The zero-order chi connectivity index (χ0) is 44.1. The average molecular weight is 875 g/mol. The van der Waals surface area contributed by atoms with Crippen LogP contribution in [-0.2, 0) is 38.7 Å². The molecule has 12 nitrogen and oxygen atoms in total. The Labute approximate surface area is 364 Å². The third-order valence-corrected chi connectivity index (χ3v) is 11.8. The third kappa shape index (κ3) is 31.9. The molecule has 0 bridgehead atoms. The molecule has 0 aromatic rings. The number of hydrogen-bond donors (Lipinski definition) is 4. The van der Waals surface area contributed by atoms with Crippen LogP contribution in [0.5, 0.6) is 0 Å². The van der Waals surface area contributed by atoms with E-state index in [1.165, 1.54) is 128 Å². The summed E-state index contributed by atoms with van der Waals surface area (Å²) in [4.78, 5) is 25.4. The minimum absolute atomic E-state index is 0.103. The number of rotatable bonds is 40. The van der Waals surface area contributed by atoms with Gasteiger partial charge in [-0.05, 0) is 38.5 Å².